The normalized spacial score (nSPS) is 0. The van der Waals surface area contributed by atoms with Crippen LogP contribution in [0.5, 0.6) is 0 Å². The molecule has 0 spiro atoms. The van der Waals surface area contributed by atoms with Gasteiger partial charge in [-0.3, -0.25) is 0 Å². The van der Waals surface area contributed by atoms with Gasteiger partial charge < -0.3 is 6.15 Å². The summed E-state index contributed by atoms with van der Waals surface area (Å²) < 4.78 is 0. The van der Waals surface area contributed by atoms with Crippen molar-refractivity contribution in [2.24, 2.45) is 0 Å². The van der Waals surface area contributed by atoms with Gasteiger partial charge in [0.05, 0.1) is 0 Å². The van der Waals surface area contributed by atoms with Crippen LogP contribution in [0.3, 0.4) is 0 Å². The van der Waals surface area contributed by atoms with Crippen LogP contribution >= 0.6 is 13.5 Å². The minimum Gasteiger partial charge on any atom is -0.344 e. The van der Waals surface area contributed by atoms with E-state index in [9.17, 15) is 0 Å². The summed E-state index contributed by atoms with van der Waals surface area (Å²) in [6.07, 6.45) is 0. The molecule has 0 rings (SSSR count). The van der Waals surface area contributed by atoms with Crippen molar-refractivity contribution in [3.8, 4) is 0 Å². The first-order valence-corrected chi connectivity index (χ1v) is 0. The maximum Gasteiger partial charge on any atom is 0 e. The zero-order valence-corrected chi connectivity index (χ0v) is 7.29. The first kappa shape index (κ1) is 70.1. The van der Waals surface area contributed by atoms with Crippen LogP contribution < -0.4 is 6.15 Å². The molecule has 5 heavy (non-hydrogen) atoms. The molecule has 0 unspecified atom stereocenters. The molecule has 0 aromatic rings. The molecule has 0 aromatic heterocycles. The summed E-state index contributed by atoms with van der Waals surface area (Å²) in [5.41, 5.74) is 0. The topological polar surface area (TPSA) is 35.0 Å². The monoisotopic (exact) mass is 159 g/mol. The number of hydrogen-bond donors (Lipinski definition) is 1. The second-order valence-corrected chi connectivity index (χ2v) is 0. The van der Waals surface area contributed by atoms with Gasteiger partial charge in [-0.1, -0.05) is 0 Å². The van der Waals surface area contributed by atoms with Gasteiger partial charge in [-0.2, -0.15) is 13.5 Å². The van der Waals surface area contributed by atoms with Gasteiger partial charge in [0.2, 0.25) is 0 Å². The van der Waals surface area contributed by atoms with Crippen molar-refractivity contribution in [1.29, 1.82) is 0 Å². The van der Waals surface area contributed by atoms with E-state index >= 15 is 0 Å². The van der Waals surface area contributed by atoms with Gasteiger partial charge in [-0.25, -0.2) is 0 Å². The van der Waals surface area contributed by atoms with Crippen LogP contribution in [0, 0.1) is 0 Å². The molecule has 0 bridgehead atoms. The number of hydrogen-bond acceptors (Lipinski definition) is 1. The van der Waals surface area contributed by atoms with Crippen molar-refractivity contribution in [3.63, 3.8) is 0 Å². The zero-order valence-electron chi connectivity index (χ0n) is 2.77. The molecule has 0 amide bonds. The Morgan fingerprint density at radius 1 is 1.00 bits per heavy atom. The van der Waals surface area contributed by atoms with Gasteiger partial charge in [-0.05, 0) is 0 Å². The predicted molar refractivity (Wildman–Crippen MR) is 26.9 cm³/mol. The molecule has 5 heteroatoms. The zero-order chi connectivity index (χ0) is 0. The van der Waals surface area contributed by atoms with E-state index in [2.05, 4.69) is 0 Å². The molecule has 0 atom stereocenters. The van der Waals surface area contributed by atoms with E-state index in [4.69, 9.17) is 0 Å². The quantitative estimate of drug-likeness (QED) is 0.476. The van der Waals surface area contributed by atoms with Gasteiger partial charge in [0.1, 0.15) is 0 Å². The molecular weight excluding hydrogens is 154 g/mol. The van der Waals surface area contributed by atoms with E-state index in [0.717, 1.165) is 0 Å². The SMILES string of the molecule is N.S.[Fe].[Mg].[Si]. The van der Waals surface area contributed by atoms with Crippen LogP contribution in [-0.2, 0) is 17.1 Å². The molecule has 0 fully saturated rings. The van der Waals surface area contributed by atoms with Crippen LogP contribution in [0.1, 0.15) is 0 Å². The maximum atomic E-state index is 0. The van der Waals surface area contributed by atoms with Gasteiger partial charge >= 0.3 is 0 Å². The minimum atomic E-state index is 0. The molecule has 0 aromatic carbocycles. The maximum absolute atomic E-state index is 0. The van der Waals surface area contributed by atoms with Gasteiger partial charge in [0.25, 0.3) is 0 Å². The second kappa shape index (κ2) is 41.0. The van der Waals surface area contributed by atoms with E-state index in [1.54, 1.807) is 0 Å². The fourth-order valence-electron chi connectivity index (χ4n) is 0. The minimum absolute atomic E-state index is 0. The van der Waals surface area contributed by atoms with E-state index in [1.165, 1.54) is 0 Å². The Balaban J connectivity index is 0. The summed E-state index contributed by atoms with van der Waals surface area (Å²) >= 11 is 0. The molecule has 0 saturated carbocycles. The average molecular weight is 159 g/mol. The molecule has 6 radical (unpaired) electrons. The Hall–Kier alpha value is 1.81. The Bertz CT molecular complexity index is 11.6. The standard InChI is InChI=1S/Fe.Mg.H3N.H2S.Si/h;;1H3;1H2;. The summed E-state index contributed by atoms with van der Waals surface area (Å²) in [6.45, 7) is 0. The Kier molecular flexibility index (Phi) is 574. The van der Waals surface area contributed by atoms with E-state index in [1.807, 2.05) is 0 Å². The summed E-state index contributed by atoms with van der Waals surface area (Å²) in [5.74, 6) is 0. The van der Waals surface area contributed by atoms with E-state index < -0.39 is 0 Å². The van der Waals surface area contributed by atoms with Crippen molar-refractivity contribution in [2.75, 3.05) is 0 Å². The van der Waals surface area contributed by atoms with Crippen LogP contribution in [-0.4, -0.2) is 34.0 Å². The molecule has 3 N–H and O–H groups in total. The Morgan fingerprint density at radius 3 is 1.00 bits per heavy atom. The Labute approximate surface area is 70.3 Å². The van der Waals surface area contributed by atoms with Crippen molar-refractivity contribution in [1.82, 2.24) is 6.15 Å². The van der Waals surface area contributed by atoms with Gasteiger partial charge in [0.15, 0.2) is 0 Å². The molecule has 30 valence electrons. The molecule has 0 aliphatic carbocycles. The molecule has 0 heterocycles. The van der Waals surface area contributed by atoms with Gasteiger partial charge in [0, 0.05) is 51.1 Å². The summed E-state index contributed by atoms with van der Waals surface area (Å²) in [4.78, 5) is 0. The summed E-state index contributed by atoms with van der Waals surface area (Å²) in [6, 6.07) is 0. The van der Waals surface area contributed by atoms with Crippen molar-refractivity contribution in [3.05, 3.63) is 0 Å². The fraction of sp³-hybridized carbons (Fsp3) is 0. The summed E-state index contributed by atoms with van der Waals surface area (Å²) in [7, 11) is 0. The Morgan fingerprint density at radius 2 is 1.00 bits per heavy atom. The molecule has 0 saturated heterocycles. The fourth-order valence-corrected chi connectivity index (χ4v) is 0. The first-order chi connectivity index (χ1) is 0. The third kappa shape index (κ3) is 25.7. The smallest absolute Gasteiger partial charge is 0 e. The van der Waals surface area contributed by atoms with Crippen LogP contribution in [0.15, 0.2) is 0 Å². The molecule has 0 aliphatic rings. The van der Waals surface area contributed by atoms with Gasteiger partial charge in [-0.15, -0.1) is 0 Å². The van der Waals surface area contributed by atoms with Crippen molar-refractivity contribution >= 4 is 47.5 Å². The number of rotatable bonds is 0. The predicted octanol–water partition coefficient (Wildman–Crippen LogP) is -0.489. The van der Waals surface area contributed by atoms with Crippen LogP contribution in [0.2, 0.25) is 0 Å². The molecule has 0 aliphatic heterocycles. The van der Waals surface area contributed by atoms with E-state index in [0.29, 0.717) is 0 Å². The average Bonchev–Trinajstić information content (AvgIpc) is 0. The first-order valence-electron chi connectivity index (χ1n) is 0. The largest absolute Gasteiger partial charge is 0.344 e. The molecular formula is H5FeMgNSSi. The summed E-state index contributed by atoms with van der Waals surface area (Å²) in [5, 5.41) is 0. The van der Waals surface area contributed by atoms with Crippen molar-refractivity contribution < 1.29 is 17.1 Å². The van der Waals surface area contributed by atoms with E-state index in [-0.39, 0.29) is 70.7 Å². The third-order valence-corrected chi connectivity index (χ3v) is 0. The third-order valence-electron chi connectivity index (χ3n) is 0. The molecule has 1 nitrogen and oxygen atoms in total. The van der Waals surface area contributed by atoms with Crippen LogP contribution in [0.4, 0.5) is 0 Å². The van der Waals surface area contributed by atoms with Crippen molar-refractivity contribution in [2.45, 2.75) is 0 Å². The van der Waals surface area contributed by atoms with Crippen LogP contribution in [0.25, 0.3) is 0 Å². The second-order valence-electron chi connectivity index (χ2n) is 0.